The maximum absolute atomic E-state index is 10.7. The van der Waals surface area contributed by atoms with Crippen LogP contribution >= 0.6 is 11.8 Å². The minimum Gasteiger partial charge on any atom is -0.480 e. The Bertz CT molecular complexity index is 553. The fourth-order valence-corrected chi connectivity index (χ4v) is 3.84. The molecular weight excluding hydrogens is 324 g/mol. The number of carboxylic acid groups (broad SMARTS) is 1. The summed E-state index contributed by atoms with van der Waals surface area (Å²) in [5.41, 5.74) is 2.67. The van der Waals surface area contributed by atoms with Crippen molar-refractivity contribution in [1.82, 2.24) is 9.80 Å². The van der Waals surface area contributed by atoms with E-state index in [-0.39, 0.29) is 12.6 Å². The Kier molecular flexibility index (Phi) is 7.55. The summed E-state index contributed by atoms with van der Waals surface area (Å²) in [4.78, 5) is 16.3. The van der Waals surface area contributed by atoms with E-state index in [9.17, 15) is 4.79 Å². The van der Waals surface area contributed by atoms with E-state index in [0.29, 0.717) is 6.54 Å². The van der Waals surface area contributed by atoms with Crippen molar-refractivity contribution < 1.29 is 14.6 Å². The Morgan fingerprint density at radius 2 is 2.21 bits per heavy atom. The van der Waals surface area contributed by atoms with Crippen molar-refractivity contribution in [3.05, 3.63) is 29.3 Å². The predicted octanol–water partition coefficient (Wildman–Crippen LogP) is 2.11. The number of ether oxygens (including phenoxy) is 1. The average molecular weight is 353 g/mol. The molecule has 1 aliphatic rings. The van der Waals surface area contributed by atoms with Gasteiger partial charge in [0.25, 0.3) is 0 Å². The van der Waals surface area contributed by atoms with Crippen molar-refractivity contribution in [2.45, 2.75) is 24.8 Å². The lowest BCUT2D eigenvalue weighted by Crippen LogP contribution is -2.48. The van der Waals surface area contributed by atoms with Gasteiger partial charge < -0.3 is 9.84 Å². The highest BCUT2D eigenvalue weighted by atomic mass is 32.2. The van der Waals surface area contributed by atoms with Gasteiger partial charge in [-0.05, 0) is 44.2 Å². The number of hydrogen-bond acceptors (Lipinski definition) is 5. The van der Waals surface area contributed by atoms with E-state index >= 15 is 0 Å². The molecule has 6 heteroatoms. The highest BCUT2D eigenvalue weighted by Crippen LogP contribution is 2.21. The zero-order valence-electron chi connectivity index (χ0n) is 14.8. The quantitative estimate of drug-likeness (QED) is 0.723. The maximum atomic E-state index is 10.7. The Hall–Kier alpha value is -1.08. The lowest BCUT2D eigenvalue weighted by molar-refractivity contribution is -0.138. The lowest BCUT2D eigenvalue weighted by Gasteiger charge is -2.34. The molecule has 1 N–H and O–H groups in total. The van der Waals surface area contributed by atoms with Crippen molar-refractivity contribution in [3.63, 3.8) is 0 Å². The van der Waals surface area contributed by atoms with E-state index in [2.05, 4.69) is 36.9 Å². The topological polar surface area (TPSA) is 53.0 Å². The van der Waals surface area contributed by atoms with Crippen molar-refractivity contribution >= 4 is 17.7 Å². The molecule has 1 atom stereocenters. The van der Waals surface area contributed by atoms with Gasteiger partial charge in [0.05, 0.1) is 19.3 Å². The molecule has 24 heavy (non-hydrogen) atoms. The second-order valence-corrected chi connectivity index (χ2v) is 7.65. The monoisotopic (exact) mass is 352 g/mol. The summed E-state index contributed by atoms with van der Waals surface area (Å²) < 4.78 is 5.77. The Balaban J connectivity index is 1.72. The number of carbonyl (C=O) groups is 1. The molecule has 0 spiro atoms. The molecule has 1 aromatic rings. The summed E-state index contributed by atoms with van der Waals surface area (Å²) >= 11 is 1.89. The third-order valence-electron chi connectivity index (χ3n) is 4.30. The van der Waals surface area contributed by atoms with Crippen LogP contribution in [-0.2, 0) is 9.53 Å². The van der Waals surface area contributed by atoms with Crippen LogP contribution in [-0.4, -0.2) is 79.1 Å². The summed E-state index contributed by atoms with van der Waals surface area (Å²) in [7, 11) is 1.83. The van der Waals surface area contributed by atoms with Crippen molar-refractivity contribution in [2.24, 2.45) is 0 Å². The third kappa shape index (κ3) is 6.43. The molecule has 1 unspecified atom stereocenters. The molecular formula is C18H28N2O3S. The van der Waals surface area contributed by atoms with Gasteiger partial charge in [0, 0.05) is 36.8 Å². The first kappa shape index (κ1) is 19.2. The molecule has 2 rings (SSSR count). The van der Waals surface area contributed by atoms with Crippen LogP contribution in [0.4, 0.5) is 0 Å². The van der Waals surface area contributed by atoms with Crippen LogP contribution in [0.2, 0.25) is 0 Å². The first-order chi connectivity index (χ1) is 11.4. The van der Waals surface area contributed by atoms with Crippen LogP contribution < -0.4 is 0 Å². The van der Waals surface area contributed by atoms with E-state index in [4.69, 9.17) is 9.84 Å². The average Bonchev–Trinajstić information content (AvgIpc) is 2.50. The normalized spacial score (nSPS) is 18.9. The number of likely N-dealkylation sites (N-methyl/N-ethyl adjacent to an activating group) is 1. The molecule has 1 fully saturated rings. The van der Waals surface area contributed by atoms with E-state index in [1.807, 2.05) is 18.8 Å². The van der Waals surface area contributed by atoms with Crippen molar-refractivity contribution in [3.8, 4) is 0 Å². The lowest BCUT2D eigenvalue weighted by atomic mass is 10.1. The van der Waals surface area contributed by atoms with Crippen molar-refractivity contribution in [2.75, 3.05) is 52.1 Å². The standard InChI is InChI=1S/C18H28N2O3S/c1-14-4-5-17(10-15(14)2)24-9-7-20-6-8-23-16(12-20)11-19(3)13-18(21)22/h4-5,10,16H,6-9,11-13H2,1-3H3,(H,21,22). The molecule has 1 saturated heterocycles. The van der Waals surface area contributed by atoms with Gasteiger partial charge >= 0.3 is 5.97 Å². The fraction of sp³-hybridized carbons (Fsp3) is 0.611. The molecule has 1 aliphatic heterocycles. The molecule has 0 saturated carbocycles. The van der Waals surface area contributed by atoms with Gasteiger partial charge in [0.1, 0.15) is 0 Å². The number of rotatable bonds is 8. The van der Waals surface area contributed by atoms with E-state index in [1.54, 1.807) is 4.90 Å². The summed E-state index contributed by atoms with van der Waals surface area (Å²) in [5, 5.41) is 8.83. The maximum Gasteiger partial charge on any atom is 0.317 e. The molecule has 0 radical (unpaired) electrons. The number of aliphatic carboxylic acids is 1. The molecule has 1 heterocycles. The first-order valence-corrected chi connectivity index (χ1v) is 9.37. The smallest absolute Gasteiger partial charge is 0.317 e. The van der Waals surface area contributed by atoms with Crippen molar-refractivity contribution in [1.29, 1.82) is 0 Å². The zero-order chi connectivity index (χ0) is 17.5. The fourth-order valence-electron chi connectivity index (χ4n) is 2.83. The van der Waals surface area contributed by atoms with Crippen LogP contribution in [0.5, 0.6) is 0 Å². The number of benzene rings is 1. The number of aryl methyl sites for hydroxylation is 2. The first-order valence-electron chi connectivity index (χ1n) is 8.38. The molecule has 1 aromatic carbocycles. The van der Waals surface area contributed by atoms with Crippen LogP contribution in [0.25, 0.3) is 0 Å². The summed E-state index contributed by atoms with van der Waals surface area (Å²) in [5.74, 6) is 0.259. The largest absolute Gasteiger partial charge is 0.480 e. The number of morpholine rings is 1. The molecule has 0 aliphatic carbocycles. The summed E-state index contributed by atoms with van der Waals surface area (Å²) in [6, 6.07) is 6.62. The third-order valence-corrected chi connectivity index (χ3v) is 5.27. The minimum atomic E-state index is -0.796. The van der Waals surface area contributed by atoms with Gasteiger partial charge in [-0.2, -0.15) is 0 Å². The van der Waals surface area contributed by atoms with Gasteiger partial charge in [0.15, 0.2) is 0 Å². The zero-order valence-corrected chi connectivity index (χ0v) is 15.6. The van der Waals surface area contributed by atoms with Gasteiger partial charge in [-0.1, -0.05) is 6.07 Å². The van der Waals surface area contributed by atoms with E-state index < -0.39 is 5.97 Å². The second-order valence-electron chi connectivity index (χ2n) is 6.48. The summed E-state index contributed by atoms with van der Waals surface area (Å²) in [6.45, 7) is 8.58. The Morgan fingerprint density at radius 3 is 2.92 bits per heavy atom. The van der Waals surface area contributed by atoms with Gasteiger partial charge in [-0.3, -0.25) is 14.6 Å². The van der Waals surface area contributed by atoms with Crippen LogP contribution in [0, 0.1) is 13.8 Å². The van der Waals surface area contributed by atoms with Crippen LogP contribution in [0.1, 0.15) is 11.1 Å². The number of thioether (sulfide) groups is 1. The van der Waals surface area contributed by atoms with Gasteiger partial charge in [-0.25, -0.2) is 0 Å². The number of carboxylic acids is 1. The molecule has 0 aromatic heterocycles. The van der Waals surface area contributed by atoms with E-state index in [0.717, 1.165) is 32.0 Å². The molecule has 0 bridgehead atoms. The molecule has 5 nitrogen and oxygen atoms in total. The predicted molar refractivity (Wildman–Crippen MR) is 98.0 cm³/mol. The molecule has 134 valence electrons. The minimum absolute atomic E-state index is 0.0580. The highest BCUT2D eigenvalue weighted by molar-refractivity contribution is 7.99. The van der Waals surface area contributed by atoms with Crippen LogP contribution in [0.3, 0.4) is 0 Å². The Morgan fingerprint density at radius 1 is 1.42 bits per heavy atom. The number of nitrogens with zero attached hydrogens (tertiary/aromatic N) is 2. The van der Waals surface area contributed by atoms with Gasteiger partial charge in [-0.15, -0.1) is 11.8 Å². The Labute approximate surface area is 149 Å². The summed E-state index contributed by atoms with van der Waals surface area (Å²) in [6.07, 6.45) is 0.0923. The SMILES string of the molecule is Cc1ccc(SCCN2CCOC(CN(C)CC(=O)O)C2)cc1C. The highest BCUT2D eigenvalue weighted by Gasteiger charge is 2.22. The van der Waals surface area contributed by atoms with Crippen LogP contribution in [0.15, 0.2) is 23.1 Å². The second kappa shape index (κ2) is 9.42. The van der Waals surface area contributed by atoms with Gasteiger partial charge in [0.2, 0.25) is 0 Å². The van der Waals surface area contributed by atoms with E-state index in [1.165, 1.54) is 16.0 Å². The number of hydrogen-bond donors (Lipinski definition) is 1. The molecule has 0 amide bonds.